The number of nitrogens with one attached hydrogen (secondary N) is 1. The highest BCUT2D eigenvalue weighted by molar-refractivity contribution is 8.00. The Labute approximate surface area is 177 Å². The molecule has 0 bridgehead atoms. The van der Waals surface area contributed by atoms with E-state index in [9.17, 15) is 14.0 Å². The highest BCUT2D eigenvalue weighted by Crippen LogP contribution is 2.46. The summed E-state index contributed by atoms with van der Waals surface area (Å²) in [5.41, 5.74) is 2.25. The number of rotatable bonds is 5. The molecule has 3 aromatic rings. The molecule has 0 aliphatic carbocycles. The second kappa shape index (κ2) is 8.59. The lowest BCUT2D eigenvalue weighted by Gasteiger charge is -2.27. The van der Waals surface area contributed by atoms with E-state index in [0.29, 0.717) is 22.9 Å². The highest BCUT2D eigenvalue weighted by Gasteiger charge is 2.36. The maximum atomic E-state index is 13.5. The van der Waals surface area contributed by atoms with Crippen molar-refractivity contribution in [2.24, 2.45) is 0 Å². The smallest absolute Gasteiger partial charge is 0.255 e. The first-order chi connectivity index (χ1) is 14.6. The summed E-state index contributed by atoms with van der Waals surface area (Å²) in [6.07, 6.45) is 0. The van der Waals surface area contributed by atoms with Gasteiger partial charge in [0, 0.05) is 16.8 Å². The Balaban J connectivity index is 1.69. The van der Waals surface area contributed by atoms with Gasteiger partial charge in [0.25, 0.3) is 5.91 Å². The van der Waals surface area contributed by atoms with Gasteiger partial charge in [-0.3, -0.25) is 14.5 Å². The van der Waals surface area contributed by atoms with Gasteiger partial charge in [-0.15, -0.1) is 11.8 Å². The summed E-state index contributed by atoms with van der Waals surface area (Å²) in [5.74, 6) is -0.0229. The summed E-state index contributed by atoms with van der Waals surface area (Å²) in [4.78, 5) is 27.1. The molecule has 1 fully saturated rings. The number of ether oxygens (including phenoxy) is 1. The van der Waals surface area contributed by atoms with E-state index >= 15 is 0 Å². The number of carbonyl (C=O) groups excluding carboxylic acids is 2. The minimum Gasteiger partial charge on any atom is -0.495 e. The monoisotopic (exact) mass is 422 g/mol. The molecule has 0 radical (unpaired) electrons. The van der Waals surface area contributed by atoms with Crippen molar-refractivity contribution in [1.82, 2.24) is 0 Å². The number of methoxy groups -OCH3 is 1. The average molecular weight is 422 g/mol. The summed E-state index contributed by atoms with van der Waals surface area (Å²) < 4.78 is 19.0. The molecule has 0 aromatic heterocycles. The Morgan fingerprint density at radius 1 is 1.10 bits per heavy atom. The van der Waals surface area contributed by atoms with Gasteiger partial charge < -0.3 is 10.1 Å². The van der Waals surface area contributed by atoms with Gasteiger partial charge in [0.2, 0.25) is 5.91 Å². The molecule has 0 spiro atoms. The summed E-state index contributed by atoms with van der Waals surface area (Å²) in [6, 6.07) is 20.2. The number of hydrogen-bond donors (Lipinski definition) is 1. The molecule has 1 saturated heterocycles. The first kappa shape index (κ1) is 20.0. The average Bonchev–Trinajstić information content (AvgIpc) is 3.15. The predicted molar refractivity (Wildman–Crippen MR) is 116 cm³/mol. The van der Waals surface area contributed by atoms with Gasteiger partial charge in [0.1, 0.15) is 16.9 Å². The van der Waals surface area contributed by atoms with Crippen LogP contribution in [0.4, 0.5) is 15.8 Å². The molecule has 152 valence electrons. The first-order valence-electron chi connectivity index (χ1n) is 9.31. The quantitative estimate of drug-likeness (QED) is 0.638. The lowest BCUT2D eigenvalue weighted by Crippen LogP contribution is -2.29. The topological polar surface area (TPSA) is 58.6 Å². The van der Waals surface area contributed by atoms with Crippen LogP contribution >= 0.6 is 11.8 Å². The van der Waals surface area contributed by atoms with Crippen LogP contribution in [0.1, 0.15) is 21.3 Å². The number of para-hydroxylation sites is 3. The number of thioether (sulfide) groups is 1. The van der Waals surface area contributed by atoms with Crippen LogP contribution in [0, 0.1) is 5.82 Å². The maximum Gasteiger partial charge on any atom is 0.255 e. The summed E-state index contributed by atoms with van der Waals surface area (Å²) >= 11 is 1.47. The fraction of sp³-hybridized carbons (Fsp3) is 0.130. The minimum absolute atomic E-state index is 0.0410. The third kappa shape index (κ3) is 3.89. The molecule has 2 amide bonds. The van der Waals surface area contributed by atoms with Gasteiger partial charge in [-0.1, -0.05) is 36.4 Å². The number of benzene rings is 3. The Morgan fingerprint density at radius 2 is 1.87 bits per heavy atom. The van der Waals surface area contributed by atoms with E-state index in [0.717, 1.165) is 5.56 Å². The van der Waals surface area contributed by atoms with Crippen molar-refractivity contribution in [3.05, 3.63) is 89.7 Å². The van der Waals surface area contributed by atoms with E-state index in [4.69, 9.17) is 4.74 Å². The van der Waals surface area contributed by atoms with E-state index < -0.39 is 11.7 Å². The van der Waals surface area contributed by atoms with E-state index in [1.54, 1.807) is 36.3 Å². The summed E-state index contributed by atoms with van der Waals surface area (Å²) in [6.45, 7) is 0. The van der Waals surface area contributed by atoms with Crippen molar-refractivity contribution in [1.29, 1.82) is 0 Å². The van der Waals surface area contributed by atoms with Crippen LogP contribution in [0.15, 0.2) is 72.8 Å². The van der Waals surface area contributed by atoms with Crippen molar-refractivity contribution < 1.29 is 18.7 Å². The maximum absolute atomic E-state index is 13.5. The van der Waals surface area contributed by atoms with Gasteiger partial charge in [0.15, 0.2) is 0 Å². The lowest BCUT2D eigenvalue weighted by atomic mass is 10.1. The Morgan fingerprint density at radius 3 is 2.67 bits per heavy atom. The van der Waals surface area contributed by atoms with E-state index in [1.165, 1.54) is 30.0 Å². The van der Waals surface area contributed by atoms with Gasteiger partial charge in [-0.2, -0.15) is 0 Å². The standard InChI is InChI=1S/C23H19FN2O3S/c1-29-20-12-5-4-11-19(20)26-21(27)14-30-23(26)17-9-2-3-10-18(17)25-22(28)15-7-6-8-16(24)13-15/h2-13,23H,14H2,1H3,(H,25,28)/t23-/m1/s1. The highest BCUT2D eigenvalue weighted by atomic mass is 32.2. The van der Waals surface area contributed by atoms with Crippen molar-refractivity contribution in [2.75, 3.05) is 23.1 Å². The largest absolute Gasteiger partial charge is 0.495 e. The SMILES string of the molecule is COc1ccccc1N1C(=O)CS[C@@H]1c1ccccc1NC(=O)c1cccc(F)c1. The zero-order chi connectivity index (χ0) is 21.1. The van der Waals surface area contributed by atoms with Gasteiger partial charge in [0.05, 0.1) is 18.6 Å². The minimum atomic E-state index is -0.477. The number of halogens is 1. The number of hydrogen-bond acceptors (Lipinski definition) is 4. The van der Waals surface area contributed by atoms with Crippen molar-refractivity contribution in [3.63, 3.8) is 0 Å². The molecular weight excluding hydrogens is 403 g/mol. The fourth-order valence-corrected chi connectivity index (χ4v) is 4.60. The zero-order valence-electron chi connectivity index (χ0n) is 16.2. The van der Waals surface area contributed by atoms with Crippen LogP contribution in [0.2, 0.25) is 0 Å². The molecular formula is C23H19FN2O3S. The Hall–Kier alpha value is -3.32. The Kier molecular flexibility index (Phi) is 5.72. The van der Waals surface area contributed by atoms with Gasteiger partial charge in [-0.05, 0) is 36.4 Å². The fourth-order valence-electron chi connectivity index (χ4n) is 3.39. The molecule has 30 heavy (non-hydrogen) atoms. The second-order valence-electron chi connectivity index (χ2n) is 6.65. The third-order valence-corrected chi connectivity index (χ3v) is 5.97. The zero-order valence-corrected chi connectivity index (χ0v) is 17.0. The third-order valence-electron chi connectivity index (χ3n) is 4.77. The Bertz CT molecular complexity index is 1110. The number of anilines is 2. The van der Waals surface area contributed by atoms with Crippen LogP contribution in [-0.4, -0.2) is 24.7 Å². The second-order valence-corrected chi connectivity index (χ2v) is 7.72. The number of amides is 2. The molecule has 1 heterocycles. The van der Waals surface area contributed by atoms with Crippen molar-refractivity contribution in [3.8, 4) is 5.75 Å². The summed E-state index contributed by atoms with van der Waals surface area (Å²) in [7, 11) is 1.56. The van der Waals surface area contributed by atoms with Crippen LogP contribution < -0.4 is 15.0 Å². The molecule has 1 atom stereocenters. The molecule has 1 aliphatic rings. The molecule has 0 saturated carbocycles. The lowest BCUT2D eigenvalue weighted by molar-refractivity contribution is -0.115. The molecule has 4 rings (SSSR count). The van der Waals surface area contributed by atoms with Crippen molar-refractivity contribution in [2.45, 2.75) is 5.37 Å². The van der Waals surface area contributed by atoms with E-state index in [2.05, 4.69) is 5.32 Å². The van der Waals surface area contributed by atoms with Crippen LogP contribution in [0.3, 0.4) is 0 Å². The molecule has 7 heteroatoms. The normalized spacial score (nSPS) is 15.9. The molecule has 3 aromatic carbocycles. The molecule has 0 unspecified atom stereocenters. The molecule has 1 N–H and O–H groups in total. The van der Waals surface area contributed by atoms with Crippen LogP contribution in [0.5, 0.6) is 5.75 Å². The molecule has 5 nitrogen and oxygen atoms in total. The van der Waals surface area contributed by atoms with E-state index in [-0.39, 0.29) is 16.8 Å². The number of nitrogens with zero attached hydrogens (tertiary/aromatic N) is 1. The van der Waals surface area contributed by atoms with Gasteiger partial charge >= 0.3 is 0 Å². The summed E-state index contributed by atoms with van der Waals surface area (Å²) in [5, 5.41) is 2.52. The van der Waals surface area contributed by atoms with Crippen LogP contribution in [0.25, 0.3) is 0 Å². The van der Waals surface area contributed by atoms with Crippen LogP contribution in [-0.2, 0) is 4.79 Å². The first-order valence-corrected chi connectivity index (χ1v) is 10.4. The predicted octanol–water partition coefficient (Wildman–Crippen LogP) is 4.87. The molecule has 1 aliphatic heterocycles. The van der Waals surface area contributed by atoms with E-state index in [1.807, 2.05) is 30.3 Å². The van der Waals surface area contributed by atoms with Gasteiger partial charge in [-0.25, -0.2) is 4.39 Å². The van der Waals surface area contributed by atoms with Crippen molar-refractivity contribution >= 4 is 35.0 Å². The number of carbonyl (C=O) groups is 2.